The van der Waals surface area contributed by atoms with E-state index in [0.29, 0.717) is 18.9 Å². The maximum atomic E-state index is 12.4. The number of fused-ring (bicyclic) bond motifs is 1. The van der Waals surface area contributed by atoms with E-state index in [4.69, 9.17) is 10.2 Å². The predicted molar refractivity (Wildman–Crippen MR) is 99.6 cm³/mol. The lowest BCUT2D eigenvalue weighted by Crippen LogP contribution is -2.45. The molecule has 132 valence electrons. The van der Waals surface area contributed by atoms with Gasteiger partial charge in [0.05, 0.1) is 12.7 Å². The Morgan fingerprint density at radius 3 is 2.71 bits per heavy atom. The van der Waals surface area contributed by atoms with Gasteiger partial charge in [-0.2, -0.15) is 0 Å². The van der Waals surface area contributed by atoms with Crippen molar-refractivity contribution in [3.05, 3.63) is 35.1 Å². The van der Waals surface area contributed by atoms with Gasteiger partial charge in [0.2, 0.25) is 5.91 Å². The monoisotopic (exact) mass is 350 g/mol. The topological polar surface area (TPSA) is 68.3 Å². The van der Waals surface area contributed by atoms with Crippen LogP contribution in [0.15, 0.2) is 22.8 Å². The van der Waals surface area contributed by atoms with Crippen molar-refractivity contribution < 1.29 is 9.21 Å². The van der Waals surface area contributed by atoms with Gasteiger partial charge in [0.15, 0.2) is 0 Å². The number of rotatable bonds is 4. The summed E-state index contributed by atoms with van der Waals surface area (Å²) in [5, 5.41) is 4.23. The normalized spacial score (nSPS) is 20.6. The van der Waals surface area contributed by atoms with Gasteiger partial charge in [-0.25, -0.2) is 0 Å². The quantitative estimate of drug-likeness (QED) is 0.884. The van der Waals surface area contributed by atoms with E-state index in [2.05, 4.69) is 25.2 Å². The molecule has 1 aliphatic carbocycles. The number of nitrogens with two attached hydrogens (primary N) is 1. The number of halogens is 1. The molecular formula is C19H27ClN2O2. The molecule has 0 radical (unpaired) electrons. The number of aryl methyl sites for hydroxylation is 2. The maximum absolute atomic E-state index is 12.4. The van der Waals surface area contributed by atoms with Crippen molar-refractivity contribution >= 4 is 29.3 Å². The fourth-order valence-electron chi connectivity index (χ4n) is 3.58. The van der Waals surface area contributed by atoms with E-state index in [1.807, 2.05) is 6.07 Å². The summed E-state index contributed by atoms with van der Waals surface area (Å²) < 4.78 is 5.62. The minimum Gasteiger partial charge on any atom is -0.464 e. The summed E-state index contributed by atoms with van der Waals surface area (Å²) in [6.07, 6.45) is 6.63. The van der Waals surface area contributed by atoms with Gasteiger partial charge in [-0.15, -0.1) is 12.4 Å². The summed E-state index contributed by atoms with van der Waals surface area (Å²) in [6.45, 7) is 4.80. The number of amides is 1. The highest BCUT2D eigenvalue weighted by Crippen LogP contribution is 2.26. The van der Waals surface area contributed by atoms with E-state index in [9.17, 15) is 4.79 Å². The molecule has 1 aliphatic rings. The Hall–Kier alpha value is -1.52. The first-order valence-electron chi connectivity index (χ1n) is 8.55. The molecule has 0 saturated heterocycles. The van der Waals surface area contributed by atoms with E-state index < -0.39 is 0 Å². The lowest BCUT2D eigenvalue weighted by atomic mass is 9.84. The van der Waals surface area contributed by atoms with Gasteiger partial charge in [-0.3, -0.25) is 4.79 Å². The van der Waals surface area contributed by atoms with Gasteiger partial charge in [0.1, 0.15) is 5.58 Å². The van der Waals surface area contributed by atoms with Crippen LogP contribution in [-0.2, 0) is 11.2 Å². The van der Waals surface area contributed by atoms with Crippen LogP contribution in [0.3, 0.4) is 0 Å². The fourth-order valence-corrected chi connectivity index (χ4v) is 3.58. The van der Waals surface area contributed by atoms with Crippen LogP contribution in [0.25, 0.3) is 11.0 Å². The van der Waals surface area contributed by atoms with Crippen LogP contribution in [0.2, 0.25) is 0 Å². The zero-order chi connectivity index (χ0) is 16.4. The van der Waals surface area contributed by atoms with Crippen molar-refractivity contribution in [3.63, 3.8) is 0 Å². The number of benzene rings is 1. The zero-order valence-corrected chi connectivity index (χ0v) is 15.2. The molecule has 3 rings (SSSR count). The summed E-state index contributed by atoms with van der Waals surface area (Å²) in [5.74, 6) is 0.481. The number of carbonyl (C=O) groups is 1. The molecule has 2 atom stereocenters. The van der Waals surface area contributed by atoms with Crippen LogP contribution < -0.4 is 11.1 Å². The molecule has 5 heteroatoms. The molecule has 3 N–H and O–H groups in total. The molecule has 4 nitrogen and oxygen atoms in total. The number of hydrogen-bond acceptors (Lipinski definition) is 3. The van der Waals surface area contributed by atoms with E-state index in [1.54, 1.807) is 6.26 Å². The molecule has 1 saturated carbocycles. The maximum Gasteiger partial charge on any atom is 0.224 e. The van der Waals surface area contributed by atoms with Crippen molar-refractivity contribution in [3.8, 4) is 0 Å². The summed E-state index contributed by atoms with van der Waals surface area (Å²) in [6, 6.07) is 4.38. The zero-order valence-electron chi connectivity index (χ0n) is 14.4. The summed E-state index contributed by atoms with van der Waals surface area (Å²) in [5.41, 5.74) is 10.1. The Balaban J connectivity index is 0.00000208. The Morgan fingerprint density at radius 2 is 1.96 bits per heavy atom. The van der Waals surface area contributed by atoms with Crippen LogP contribution in [-0.4, -0.2) is 18.5 Å². The van der Waals surface area contributed by atoms with Crippen molar-refractivity contribution in [2.24, 2.45) is 11.7 Å². The molecule has 0 bridgehead atoms. The molecule has 1 amide bonds. The molecule has 24 heavy (non-hydrogen) atoms. The van der Waals surface area contributed by atoms with E-state index in [1.165, 1.54) is 24.0 Å². The van der Waals surface area contributed by atoms with Crippen LogP contribution in [0, 0.1) is 19.8 Å². The smallest absolute Gasteiger partial charge is 0.224 e. The van der Waals surface area contributed by atoms with Gasteiger partial charge >= 0.3 is 0 Å². The molecule has 0 spiro atoms. The summed E-state index contributed by atoms with van der Waals surface area (Å²) in [7, 11) is 0. The number of furan rings is 1. The van der Waals surface area contributed by atoms with Crippen LogP contribution in [0.5, 0.6) is 0 Å². The number of nitrogens with one attached hydrogen (secondary N) is 1. The van der Waals surface area contributed by atoms with E-state index in [-0.39, 0.29) is 24.4 Å². The molecule has 1 aromatic carbocycles. The first kappa shape index (κ1) is 18.8. The van der Waals surface area contributed by atoms with Gasteiger partial charge in [-0.05, 0) is 62.4 Å². The molecule has 2 unspecified atom stereocenters. The first-order valence-corrected chi connectivity index (χ1v) is 8.55. The molecule has 1 fully saturated rings. The third-order valence-corrected chi connectivity index (χ3v) is 5.18. The molecule has 1 heterocycles. The minimum atomic E-state index is 0. The van der Waals surface area contributed by atoms with Crippen LogP contribution >= 0.6 is 12.4 Å². The lowest BCUT2D eigenvalue weighted by Gasteiger charge is -2.31. The van der Waals surface area contributed by atoms with Crippen LogP contribution in [0.4, 0.5) is 0 Å². The second kappa shape index (κ2) is 8.04. The van der Waals surface area contributed by atoms with Crippen molar-refractivity contribution in [1.29, 1.82) is 0 Å². The van der Waals surface area contributed by atoms with E-state index in [0.717, 1.165) is 29.4 Å². The highest BCUT2D eigenvalue weighted by atomic mass is 35.5. The highest BCUT2D eigenvalue weighted by molar-refractivity contribution is 5.88. The Bertz CT molecular complexity index is 711. The van der Waals surface area contributed by atoms with Crippen LogP contribution in [0.1, 0.15) is 42.4 Å². The average Bonchev–Trinajstić information content (AvgIpc) is 2.90. The van der Waals surface area contributed by atoms with Gasteiger partial charge in [0.25, 0.3) is 0 Å². The predicted octanol–water partition coefficient (Wildman–Crippen LogP) is 3.65. The highest BCUT2D eigenvalue weighted by Gasteiger charge is 2.25. The Labute approximate surface area is 149 Å². The number of hydrogen-bond donors (Lipinski definition) is 2. The standard InChI is InChI=1S/C19H26N2O2.ClH/c1-12-7-16-15(11-23-18(16)8-13(12)2)9-19(22)21-17-6-4-3-5-14(17)10-20;/h7-8,11,14,17H,3-6,9-10,20H2,1-2H3,(H,21,22);1H. The average molecular weight is 351 g/mol. The molecular weight excluding hydrogens is 324 g/mol. The third kappa shape index (κ3) is 3.93. The second-order valence-electron chi connectivity index (χ2n) is 6.82. The Kier molecular flexibility index (Phi) is 6.30. The van der Waals surface area contributed by atoms with Crippen molar-refractivity contribution in [2.75, 3.05) is 6.54 Å². The van der Waals surface area contributed by atoms with Gasteiger partial charge in [0, 0.05) is 17.0 Å². The first-order chi connectivity index (χ1) is 11.1. The SMILES string of the molecule is Cc1cc2occ(CC(=O)NC3CCCCC3CN)c2cc1C.Cl. The molecule has 0 aliphatic heterocycles. The summed E-state index contributed by atoms with van der Waals surface area (Å²) >= 11 is 0. The second-order valence-corrected chi connectivity index (χ2v) is 6.82. The van der Waals surface area contributed by atoms with E-state index >= 15 is 0 Å². The molecule has 1 aromatic heterocycles. The van der Waals surface area contributed by atoms with Gasteiger partial charge in [-0.1, -0.05) is 12.8 Å². The number of carbonyl (C=O) groups excluding carboxylic acids is 1. The lowest BCUT2D eigenvalue weighted by molar-refractivity contribution is -0.121. The molecule has 2 aromatic rings. The largest absolute Gasteiger partial charge is 0.464 e. The third-order valence-electron chi connectivity index (χ3n) is 5.18. The van der Waals surface area contributed by atoms with Crippen molar-refractivity contribution in [1.82, 2.24) is 5.32 Å². The Morgan fingerprint density at radius 1 is 1.25 bits per heavy atom. The fraction of sp³-hybridized carbons (Fsp3) is 0.526. The van der Waals surface area contributed by atoms with Gasteiger partial charge < -0.3 is 15.5 Å². The van der Waals surface area contributed by atoms with Crippen molar-refractivity contribution in [2.45, 2.75) is 52.0 Å². The minimum absolute atomic E-state index is 0. The summed E-state index contributed by atoms with van der Waals surface area (Å²) in [4.78, 5) is 12.4.